The highest BCUT2D eigenvalue weighted by Crippen LogP contribution is 2.35. The number of nitrogens with two attached hydrogens (primary N) is 1. The molecule has 1 atom stereocenters. The van der Waals surface area contributed by atoms with E-state index >= 15 is 0 Å². The first-order valence-corrected chi connectivity index (χ1v) is 17.5. The zero-order valence-electron chi connectivity index (χ0n) is 29.7. The van der Waals surface area contributed by atoms with Crippen LogP contribution >= 0.6 is 0 Å². The number of morpholine rings is 1. The van der Waals surface area contributed by atoms with Gasteiger partial charge in [-0.3, -0.25) is 9.69 Å². The highest BCUT2D eigenvalue weighted by molar-refractivity contribution is 5.93. The summed E-state index contributed by atoms with van der Waals surface area (Å²) in [6.45, 7) is 9.47. The van der Waals surface area contributed by atoms with Crippen LogP contribution in [-0.4, -0.2) is 74.9 Å². The van der Waals surface area contributed by atoms with E-state index in [0.717, 1.165) is 61.4 Å². The summed E-state index contributed by atoms with van der Waals surface area (Å²) in [5.74, 6) is 1.31. The summed E-state index contributed by atoms with van der Waals surface area (Å²) in [7, 11) is 1.63. The lowest BCUT2D eigenvalue weighted by Crippen LogP contribution is -2.37. The fraction of sp³-hybridized carbons (Fsp3) is 0.421. The topological polar surface area (TPSA) is 144 Å². The molecule has 0 aliphatic carbocycles. The Balaban J connectivity index is 1.34. The van der Waals surface area contributed by atoms with Crippen LogP contribution in [0.25, 0.3) is 10.9 Å². The van der Waals surface area contributed by atoms with E-state index in [4.69, 9.17) is 24.9 Å². The number of rotatable bonds is 17. The van der Waals surface area contributed by atoms with Gasteiger partial charge in [0, 0.05) is 55.6 Å². The number of methoxy groups -OCH3 is 1. The lowest BCUT2D eigenvalue weighted by molar-refractivity contribution is -0.665. The Morgan fingerprint density at radius 2 is 1.82 bits per heavy atom. The SMILES string of the molecule is CC[C@@H](CCCNC(N)=O)C(=O)Nc1ccc(C[n+]2cnc(Nc3ccc(F)c(C)c3)c3cc(OCCCN4CCOCC4)c(OC)cc32)cc1. The smallest absolute Gasteiger partial charge is 0.312 e. The Kier molecular flexibility index (Phi) is 13.4. The Hall–Kier alpha value is -5.01. The maximum atomic E-state index is 14.0. The Morgan fingerprint density at radius 1 is 1.06 bits per heavy atom. The molecule has 12 nitrogen and oxygen atoms in total. The number of halogens is 1. The van der Waals surface area contributed by atoms with Gasteiger partial charge in [0.05, 0.1) is 32.3 Å². The summed E-state index contributed by atoms with van der Waals surface area (Å²) in [5.41, 5.74) is 8.95. The van der Waals surface area contributed by atoms with Gasteiger partial charge < -0.3 is 35.9 Å². The number of aryl methyl sites for hydroxylation is 1. The number of aromatic nitrogens is 2. The van der Waals surface area contributed by atoms with Crippen molar-refractivity contribution in [2.75, 3.05) is 63.7 Å². The molecule has 0 bridgehead atoms. The van der Waals surface area contributed by atoms with Crippen molar-refractivity contribution in [1.82, 2.24) is 15.2 Å². The summed E-state index contributed by atoms with van der Waals surface area (Å²) >= 11 is 0. The normalized spacial score (nSPS) is 13.8. The molecule has 1 aliphatic heterocycles. The lowest BCUT2D eigenvalue weighted by Gasteiger charge is -2.26. The molecule has 272 valence electrons. The molecule has 5 rings (SSSR count). The highest BCUT2D eigenvalue weighted by atomic mass is 19.1. The maximum absolute atomic E-state index is 14.0. The van der Waals surface area contributed by atoms with E-state index in [1.807, 2.05) is 47.9 Å². The van der Waals surface area contributed by atoms with Crippen molar-refractivity contribution in [3.63, 3.8) is 0 Å². The monoisotopic (exact) mass is 702 g/mol. The summed E-state index contributed by atoms with van der Waals surface area (Å²) in [4.78, 5) is 31.0. The fourth-order valence-corrected chi connectivity index (χ4v) is 6.10. The van der Waals surface area contributed by atoms with Crippen LogP contribution in [0.4, 0.5) is 26.4 Å². The number of amides is 3. The van der Waals surface area contributed by atoms with E-state index in [1.165, 1.54) is 6.07 Å². The number of nitrogens with zero attached hydrogens (tertiary/aromatic N) is 3. The maximum Gasteiger partial charge on any atom is 0.312 e. The predicted molar refractivity (Wildman–Crippen MR) is 195 cm³/mol. The molecule has 1 aliphatic rings. The van der Waals surface area contributed by atoms with Crippen molar-refractivity contribution in [3.05, 3.63) is 77.9 Å². The summed E-state index contributed by atoms with van der Waals surface area (Å²) in [6, 6.07) is 15.9. The minimum absolute atomic E-state index is 0.0560. The number of hydrogen-bond donors (Lipinski definition) is 4. The zero-order chi connectivity index (χ0) is 36.2. The minimum Gasteiger partial charge on any atom is -0.493 e. The first kappa shape index (κ1) is 37.3. The quantitative estimate of drug-likeness (QED) is 0.0860. The van der Waals surface area contributed by atoms with Crippen LogP contribution < -0.4 is 35.7 Å². The fourth-order valence-electron chi connectivity index (χ4n) is 6.10. The van der Waals surface area contributed by atoms with E-state index in [2.05, 4.69) is 20.9 Å². The number of fused-ring (bicyclic) bond motifs is 1. The van der Waals surface area contributed by atoms with Crippen molar-refractivity contribution < 1.29 is 32.8 Å². The number of hydrogen-bond acceptors (Lipinski definition) is 8. The first-order valence-electron chi connectivity index (χ1n) is 17.5. The highest BCUT2D eigenvalue weighted by Gasteiger charge is 2.21. The molecule has 3 aromatic carbocycles. The van der Waals surface area contributed by atoms with Crippen molar-refractivity contribution in [2.45, 2.75) is 46.1 Å². The molecule has 4 aromatic rings. The van der Waals surface area contributed by atoms with Crippen LogP contribution in [0.2, 0.25) is 0 Å². The molecule has 1 aromatic heterocycles. The second kappa shape index (κ2) is 18.3. The number of anilines is 3. The molecule has 5 N–H and O–H groups in total. The summed E-state index contributed by atoms with van der Waals surface area (Å²) in [5, 5.41) is 9.77. The number of benzene rings is 3. The van der Waals surface area contributed by atoms with Crippen molar-refractivity contribution in [1.29, 1.82) is 0 Å². The molecule has 0 unspecified atom stereocenters. The lowest BCUT2D eigenvalue weighted by atomic mass is 9.99. The minimum atomic E-state index is -0.564. The molecule has 13 heteroatoms. The number of primary amides is 1. The van der Waals surface area contributed by atoms with E-state index in [9.17, 15) is 14.0 Å². The van der Waals surface area contributed by atoms with Crippen LogP contribution in [0.3, 0.4) is 0 Å². The van der Waals surface area contributed by atoms with Gasteiger partial charge in [0.1, 0.15) is 17.9 Å². The Bertz CT molecular complexity index is 1780. The van der Waals surface area contributed by atoms with Gasteiger partial charge in [0.25, 0.3) is 12.1 Å². The standard InChI is InChI=1S/C38H48FN7O5/c1-4-28(7-5-14-41-38(40)48)37(47)44-29-10-8-27(9-11-29)24-46-25-42-36(43-30-12-13-32(39)26(2)21-30)31-22-35(34(49-3)23-33(31)46)51-18-6-15-45-16-19-50-20-17-45/h8-13,21-23,25,28H,4-7,14-20,24H2,1-3H3,(H4,40,41,44,47,48)/p+1/t28-/m0/s1. The van der Waals surface area contributed by atoms with Gasteiger partial charge in [0.2, 0.25) is 5.91 Å². The van der Waals surface area contributed by atoms with Crippen LogP contribution in [0, 0.1) is 18.7 Å². The zero-order valence-corrected chi connectivity index (χ0v) is 29.7. The third-order valence-corrected chi connectivity index (χ3v) is 9.04. The molecule has 2 heterocycles. The number of carbonyl (C=O) groups is 2. The number of nitrogens with one attached hydrogen (secondary N) is 3. The average molecular weight is 703 g/mol. The van der Waals surface area contributed by atoms with Crippen molar-refractivity contribution in [2.24, 2.45) is 11.7 Å². The second-order valence-corrected chi connectivity index (χ2v) is 12.7. The number of carbonyl (C=O) groups excluding carboxylic acids is 2. The molecular weight excluding hydrogens is 653 g/mol. The van der Waals surface area contributed by atoms with E-state index < -0.39 is 6.03 Å². The van der Waals surface area contributed by atoms with Gasteiger partial charge in [-0.05, 0) is 79.0 Å². The van der Waals surface area contributed by atoms with Crippen LogP contribution in [0.1, 0.15) is 43.7 Å². The molecule has 0 radical (unpaired) electrons. The predicted octanol–water partition coefficient (Wildman–Crippen LogP) is 5.28. The van der Waals surface area contributed by atoms with Gasteiger partial charge in [-0.1, -0.05) is 19.1 Å². The molecule has 0 saturated carbocycles. The van der Waals surface area contributed by atoms with Crippen LogP contribution in [0.5, 0.6) is 11.5 Å². The summed E-state index contributed by atoms with van der Waals surface area (Å²) in [6.07, 6.45) is 4.62. The van der Waals surface area contributed by atoms with Gasteiger partial charge in [-0.15, -0.1) is 0 Å². The number of ether oxygens (including phenoxy) is 3. The summed E-state index contributed by atoms with van der Waals surface area (Å²) < 4.78 is 33.6. The molecule has 1 fully saturated rings. The van der Waals surface area contributed by atoms with Gasteiger partial charge in [0.15, 0.2) is 11.5 Å². The Morgan fingerprint density at radius 3 is 2.53 bits per heavy atom. The second-order valence-electron chi connectivity index (χ2n) is 12.7. The van der Waals surface area contributed by atoms with Crippen molar-refractivity contribution in [3.8, 4) is 11.5 Å². The molecule has 3 amide bonds. The van der Waals surface area contributed by atoms with E-state index in [-0.39, 0.29) is 17.6 Å². The van der Waals surface area contributed by atoms with E-state index in [1.54, 1.807) is 32.5 Å². The van der Waals surface area contributed by atoms with Crippen molar-refractivity contribution >= 4 is 40.0 Å². The van der Waals surface area contributed by atoms with Crippen LogP contribution in [-0.2, 0) is 16.1 Å². The van der Waals surface area contributed by atoms with Crippen LogP contribution in [0.15, 0.2) is 60.9 Å². The molecular formula is C38H49FN7O5+. The molecule has 0 spiro atoms. The molecule has 1 saturated heterocycles. The Labute approximate surface area is 298 Å². The number of urea groups is 1. The first-order chi connectivity index (χ1) is 24.7. The van der Waals surface area contributed by atoms with E-state index in [0.29, 0.717) is 67.5 Å². The van der Waals surface area contributed by atoms with Gasteiger partial charge in [-0.2, -0.15) is 0 Å². The third kappa shape index (κ3) is 10.5. The molecule has 51 heavy (non-hydrogen) atoms. The largest absolute Gasteiger partial charge is 0.493 e. The average Bonchev–Trinajstić information content (AvgIpc) is 3.13. The van der Waals surface area contributed by atoms with Gasteiger partial charge >= 0.3 is 6.03 Å². The third-order valence-electron chi connectivity index (χ3n) is 9.04. The van der Waals surface area contributed by atoms with Gasteiger partial charge in [-0.25, -0.2) is 13.8 Å².